The molecule has 88 valence electrons. The van der Waals surface area contributed by atoms with Crippen LogP contribution in [0.4, 0.5) is 5.69 Å². The summed E-state index contributed by atoms with van der Waals surface area (Å²) in [6, 6.07) is 8.97. The molecule has 0 amide bonds. The van der Waals surface area contributed by atoms with Crippen molar-refractivity contribution in [1.29, 1.82) is 0 Å². The molecule has 1 aromatic rings. The first-order valence-corrected chi connectivity index (χ1v) is 5.88. The van der Waals surface area contributed by atoms with E-state index >= 15 is 0 Å². The van der Waals surface area contributed by atoms with Crippen LogP contribution in [0.25, 0.3) is 0 Å². The van der Waals surface area contributed by atoms with Gasteiger partial charge in [-0.3, -0.25) is 0 Å². The van der Waals surface area contributed by atoms with Crippen molar-refractivity contribution in [2.45, 2.75) is 18.9 Å². The van der Waals surface area contributed by atoms with E-state index in [0.717, 1.165) is 24.9 Å². The minimum atomic E-state index is 0.790. The highest BCUT2D eigenvalue weighted by atomic mass is 16.5. The fourth-order valence-corrected chi connectivity index (χ4v) is 1.70. The van der Waals surface area contributed by atoms with Gasteiger partial charge in [-0.25, -0.2) is 0 Å². The number of hydrogen-bond acceptors (Lipinski definition) is 3. The third kappa shape index (κ3) is 3.14. The second-order valence-electron chi connectivity index (χ2n) is 4.35. The molecule has 16 heavy (non-hydrogen) atoms. The smallest absolute Gasteiger partial charge is 0.120 e. The van der Waals surface area contributed by atoms with Crippen LogP contribution < -0.4 is 15.0 Å². The first-order chi connectivity index (χ1) is 7.79. The van der Waals surface area contributed by atoms with E-state index in [1.54, 1.807) is 7.11 Å². The fourth-order valence-electron chi connectivity index (χ4n) is 1.70. The molecule has 0 saturated heterocycles. The molecule has 0 spiro atoms. The topological polar surface area (TPSA) is 24.5 Å². The lowest BCUT2D eigenvalue weighted by Gasteiger charge is -2.20. The number of methoxy groups -OCH3 is 1. The Morgan fingerprint density at radius 2 is 2.25 bits per heavy atom. The monoisotopic (exact) mass is 220 g/mol. The summed E-state index contributed by atoms with van der Waals surface area (Å²) < 4.78 is 5.22. The molecule has 1 aromatic carbocycles. The van der Waals surface area contributed by atoms with Crippen LogP contribution in [0.1, 0.15) is 12.8 Å². The molecule has 0 radical (unpaired) electrons. The predicted octanol–water partition coefficient (Wildman–Crippen LogP) is 1.88. The summed E-state index contributed by atoms with van der Waals surface area (Å²) in [6.45, 7) is 2.09. The zero-order valence-electron chi connectivity index (χ0n) is 10.1. The van der Waals surface area contributed by atoms with Gasteiger partial charge in [0.05, 0.1) is 7.11 Å². The van der Waals surface area contributed by atoms with E-state index in [1.165, 1.54) is 18.5 Å². The lowest BCUT2D eigenvalue weighted by molar-refractivity contribution is 0.415. The van der Waals surface area contributed by atoms with Crippen molar-refractivity contribution < 1.29 is 4.74 Å². The summed E-state index contributed by atoms with van der Waals surface area (Å²) >= 11 is 0. The van der Waals surface area contributed by atoms with Gasteiger partial charge in [-0.15, -0.1) is 0 Å². The van der Waals surface area contributed by atoms with Crippen LogP contribution in [0.15, 0.2) is 24.3 Å². The van der Waals surface area contributed by atoms with Crippen LogP contribution in [0.3, 0.4) is 0 Å². The van der Waals surface area contributed by atoms with Gasteiger partial charge in [0.1, 0.15) is 5.75 Å². The third-order valence-electron chi connectivity index (χ3n) is 2.95. The molecule has 0 bridgehead atoms. The van der Waals surface area contributed by atoms with E-state index in [-0.39, 0.29) is 0 Å². The molecule has 1 fully saturated rings. The highest BCUT2D eigenvalue weighted by molar-refractivity contribution is 5.50. The van der Waals surface area contributed by atoms with Crippen molar-refractivity contribution in [2.24, 2.45) is 0 Å². The number of benzene rings is 1. The summed E-state index contributed by atoms with van der Waals surface area (Å²) in [5.41, 5.74) is 1.21. The average molecular weight is 220 g/mol. The van der Waals surface area contributed by atoms with Gasteiger partial charge >= 0.3 is 0 Å². The van der Waals surface area contributed by atoms with Crippen LogP contribution >= 0.6 is 0 Å². The Balaban J connectivity index is 1.83. The first kappa shape index (κ1) is 11.3. The SMILES string of the molecule is COc1cccc(N(C)CCNC2CC2)c1. The van der Waals surface area contributed by atoms with Crippen molar-refractivity contribution in [3.63, 3.8) is 0 Å². The number of anilines is 1. The summed E-state index contributed by atoms with van der Waals surface area (Å²) in [5.74, 6) is 0.916. The lowest BCUT2D eigenvalue weighted by Crippen LogP contribution is -2.30. The normalized spacial score (nSPS) is 14.9. The van der Waals surface area contributed by atoms with Gasteiger partial charge in [-0.2, -0.15) is 0 Å². The van der Waals surface area contributed by atoms with E-state index in [0.29, 0.717) is 0 Å². The number of likely N-dealkylation sites (N-methyl/N-ethyl adjacent to an activating group) is 1. The van der Waals surface area contributed by atoms with Gasteiger partial charge < -0.3 is 15.0 Å². The minimum absolute atomic E-state index is 0.790. The Hall–Kier alpha value is -1.22. The molecule has 2 rings (SSSR count). The molecule has 1 aliphatic carbocycles. The Morgan fingerprint density at radius 3 is 2.94 bits per heavy atom. The highest BCUT2D eigenvalue weighted by Gasteiger charge is 2.19. The highest BCUT2D eigenvalue weighted by Crippen LogP contribution is 2.20. The Bertz CT molecular complexity index is 336. The zero-order chi connectivity index (χ0) is 11.4. The number of rotatable bonds is 6. The van der Waals surface area contributed by atoms with Crippen molar-refractivity contribution in [3.05, 3.63) is 24.3 Å². The number of nitrogens with zero attached hydrogens (tertiary/aromatic N) is 1. The molecule has 0 heterocycles. The van der Waals surface area contributed by atoms with E-state index in [9.17, 15) is 0 Å². The summed E-state index contributed by atoms with van der Waals surface area (Å²) in [4.78, 5) is 2.25. The van der Waals surface area contributed by atoms with Crippen LogP contribution in [-0.4, -0.2) is 33.3 Å². The zero-order valence-corrected chi connectivity index (χ0v) is 10.1. The third-order valence-corrected chi connectivity index (χ3v) is 2.95. The maximum Gasteiger partial charge on any atom is 0.120 e. The Morgan fingerprint density at radius 1 is 1.44 bits per heavy atom. The van der Waals surface area contributed by atoms with Gasteiger partial charge in [0, 0.05) is 37.9 Å². The second-order valence-corrected chi connectivity index (χ2v) is 4.35. The van der Waals surface area contributed by atoms with Gasteiger partial charge in [0.2, 0.25) is 0 Å². The second kappa shape index (κ2) is 5.21. The van der Waals surface area contributed by atoms with Crippen molar-refractivity contribution in [3.8, 4) is 5.75 Å². The van der Waals surface area contributed by atoms with Crippen molar-refractivity contribution in [1.82, 2.24) is 5.32 Å². The molecule has 0 atom stereocenters. The molecule has 1 aliphatic rings. The Labute approximate surface area is 97.4 Å². The quantitative estimate of drug-likeness (QED) is 0.792. The van der Waals surface area contributed by atoms with Gasteiger partial charge in [-0.05, 0) is 25.0 Å². The fraction of sp³-hybridized carbons (Fsp3) is 0.538. The number of hydrogen-bond donors (Lipinski definition) is 1. The molecular weight excluding hydrogens is 200 g/mol. The molecule has 0 aliphatic heterocycles. The molecule has 3 heteroatoms. The van der Waals surface area contributed by atoms with Crippen molar-refractivity contribution in [2.75, 3.05) is 32.1 Å². The van der Waals surface area contributed by atoms with Crippen LogP contribution in [0.2, 0.25) is 0 Å². The molecular formula is C13H20N2O. The molecule has 1 N–H and O–H groups in total. The molecule has 0 unspecified atom stereocenters. The molecule has 1 saturated carbocycles. The maximum absolute atomic E-state index is 5.22. The van der Waals surface area contributed by atoms with E-state index in [2.05, 4.69) is 29.4 Å². The van der Waals surface area contributed by atoms with Crippen LogP contribution in [0.5, 0.6) is 5.75 Å². The first-order valence-electron chi connectivity index (χ1n) is 5.88. The predicted molar refractivity (Wildman–Crippen MR) is 67.3 cm³/mol. The summed E-state index contributed by atoms with van der Waals surface area (Å²) in [6.07, 6.45) is 2.70. The maximum atomic E-state index is 5.22. The Kier molecular flexibility index (Phi) is 3.67. The van der Waals surface area contributed by atoms with E-state index < -0.39 is 0 Å². The van der Waals surface area contributed by atoms with Gasteiger partial charge in [0.15, 0.2) is 0 Å². The molecule has 3 nitrogen and oxygen atoms in total. The van der Waals surface area contributed by atoms with Crippen molar-refractivity contribution >= 4 is 5.69 Å². The van der Waals surface area contributed by atoms with Crippen LogP contribution in [0, 0.1) is 0 Å². The number of nitrogens with one attached hydrogen (secondary N) is 1. The van der Waals surface area contributed by atoms with Gasteiger partial charge in [-0.1, -0.05) is 6.07 Å². The standard InChI is InChI=1S/C13H20N2O/c1-15(9-8-14-11-6-7-11)12-4-3-5-13(10-12)16-2/h3-5,10-11,14H,6-9H2,1-2H3. The molecule has 0 aromatic heterocycles. The summed E-state index contributed by atoms with van der Waals surface area (Å²) in [7, 11) is 3.82. The lowest BCUT2D eigenvalue weighted by atomic mass is 10.3. The summed E-state index contributed by atoms with van der Waals surface area (Å²) in [5, 5.41) is 3.51. The minimum Gasteiger partial charge on any atom is -0.497 e. The number of ether oxygens (including phenoxy) is 1. The van der Waals surface area contributed by atoms with Gasteiger partial charge in [0.25, 0.3) is 0 Å². The van der Waals surface area contributed by atoms with Crippen LogP contribution in [-0.2, 0) is 0 Å². The average Bonchev–Trinajstić information content (AvgIpc) is 3.13. The largest absolute Gasteiger partial charge is 0.497 e. The van der Waals surface area contributed by atoms with E-state index in [4.69, 9.17) is 4.74 Å². The van der Waals surface area contributed by atoms with E-state index in [1.807, 2.05) is 12.1 Å².